The molecule has 0 aliphatic carbocycles. The summed E-state index contributed by atoms with van der Waals surface area (Å²) >= 11 is 0. The molecular formula is C49H32N4O. The van der Waals surface area contributed by atoms with Crippen molar-refractivity contribution in [3.8, 4) is 45.3 Å². The largest absolute Gasteiger partial charge is 0.456 e. The highest BCUT2D eigenvalue weighted by Crippen LogP contribution is 2.42. The summed E-state index contributed by atoms with van der Waals surface area (Å²) in [7, 11) is 0. The first kappa shape index (κ1) is 31.4. The Morgan fingerprint density at radius 3 is 1.56 bits per heavy atom. The third-order valence-corrected chi connectivity index (χ3v) is 9.90. The standard InChI is InChI=1S/C49H32N4O/c1-4-14-35(15-5-1)47-50-48(36-16-6-2-7-17-36)52-49(51-47)37-25-23-34(24-26-37)42-21-12-22-44-46(42)43-30-29-41(32-45(43)54-44)53(39-19-8-3-9-20-39)40-28-27-33-13-10-11-18-38(33)31-40/h1-32H. The van der Waals surface area contributed by atoms with E-state index in [4.69, 9.17) is 19.4 Å². The predicted molar refractivity (Wildman–Crippen MR) is 221 cm³/mol. The van der Waals surface area contributed by atoms with Gasteiger partial charge in [-0.2, -0.15) is 0 Å². The normalized spacial score (nSPS) is 11.3. The number of para-hydroxylation sites is 1. The Morgan fingerprint density at radius 1 is 0.352 bits per heavy atom. The Labute approximate surface area is 312 Å². The molecule has 5 nitrogen and oxygen atoms in total. The second-order valence-electron chi connectivity index (χ2n) is 13.3. The Bertz CT molecular complexity index is 2870. The lowest BCUT2D eigenvalue weighted by atomic mass is 9.98. The Balaban J connectivity index is 1.04. The number of rotatable bonds is 7. The number of hydrogen-bond acceptors (Lipinski definition) is 5. The van der Waals surface area contributed by atoms with E-state index in [0.717, 1.165) is 66.8 Å². The van der Waals surface area contributed by atoms with E-state index >= 15 is 0 Å². The van der Waals surface area contributed by atoms with Crippen molar-refractivity contribution in [1.29, 1.82) is 0 Å². The topological polar surface area (TPSA) is 55.1 Å². The predicted octanol–water partition coefficient (Wildman–Crippen LogP) is 13.1. The highest BCUT2D eigenvalue weighted by Gasteiger charge is 2.18. The maximum atomic E-state index is 6.60. The van der Waals surface area contributed by atoms with Crippen LogP contribution in [0.25, 0.3) is 78.0 Å². The van der Waals surface area contributed by atoms with Crippen molar-refractivity contribution in [2.24, 2.45) is 0 Å². The van der Waals surface area contributed by atoms with E-state index in [1.54, 1.807) is 0 Å². The molecule has 0 aliphatic heterocycles. The molecular weight excluding hydrogens is 661 g/mol. The van der Waals surface area contributed by atoms with E-state index in [1.807, 2.05) is 72.8 Å². The van der Waals surface area contributed by atoms with Gasteiger partial charge in [-0.15, -0.1) is 0 Å². The van der Waals surface area contributed by atoms with Crippen molar-refractivity contribution in [1.82, 2.24) is 15.0 Å². The second-order valence-corrected chi connectivity index (χ2v) is 13.3. The SMILES string of the molecule is c1ccc(-c2nc(-c3ccccc3)nc(-c3ccc(-c4cccc5oc6cc(N(c7ccccc7)c7ccc8ccccc8c7)ccc6c45)cc3)n2)cc1. The van der Waals surface area contributed by atoms with Crippen LogP contribution in [0.15, 0.2) is 199 Å². The van der Waals surface area contributed by atoms with Gasteiger partial charge in [-0.05, 0) is 64.4 Å². The smallest absolute Gasteiger partial charge is 0.164 e. The zero-order chi connectivity index (χ0) is 35.8. The lowest BCUT2D eigenvalue weighted by molar-refractivity contribution is 0.669. The van der Waals surface area contributed by atoms with Crippen LogP contribution in [0.4, 0.5) is 17.1 Å². The summed E-state index contributed by atoms with van der Waals surface area (Å²) in [4.78, 5) is 17.0. The fourth-order valence-corrected chi connectivity index (χ4v) is 7.27. The molecule has 254 valence electrons. The van der Waals surface area contributed by atoms with Crippen molar-refractivity contribution < 1.29 is 4.42 Å². The van der Waals surface area contributed by atoms with Gasteiger partial charge in [-0.3, -0.25) is 0 Å². The second kappa shape index (κ2) is 13.3. The van der Waals surface area contributed by atoms with Crippen LogP contribution >= 0.6 is 0 Å². The van der Waals surface area contributed by atoms with E-state index in [9.17, 15) is 0 Å². The van der Waals surface area contributed by atoms with Crippen LogP contribution in [-0.4, -0.2) is 15.0 Å². The average molecular weight is 693 g/mol. The molecule has 0 N–H and O–H groups in total. The lowest BCUT2D eigenvalue weighted by Crippen LogP contribution is -2.09. The number of anilines is 3. The van der Waals surface area contributed by atoms with Gasteiger partial charge in [0.2, 0.25) is 0 Å². The number of furan rings is 1. The molecule has 0 saturated carbocycles. The van der Waals surface area contributed by atoms with Crippen molar-refractivity contribution >= 4 is 49.8 Å². The van der Waals surface area contributed by atoms with Gasteiger partial charge in [0.05, 0.1) is 0 Å². The monoisotopic (exact) mass is 692 g/mol. The van der Waals surface area contributed by atoms with Crippen LogP contribution in [-0.2, 0) is 0 Å². The molecule has 2 aromatic heterocycles. The van der Waals surface area contributed by atoms with E-state index in [2.05, 4.69) is 126 Å². The fraction of sp³-hybridized carbons (Fsp3) is 0. The minimum absolute atomic E-state index is 0.628. The van der Waals surface area contributed by atoms with Crippen molar-refractivity contribution in [2.45, 2.75) is 0 Å². The summed E-state index contributed by atoms with van der Waals surface area (Å²) in [6.07, 6.45) is 0. The molecule has 54 heavy (non-hydrogen) atoms. The summed E-state index contributed by atoms with van der Waals surface area (Å²) in [5, 5.41) is 4.56. The molecule has 0 saturated heterocycles. The fourth-order valence-electron chi connectivity index (χ4n) is 7.27. The van der Waals surface area contributed by atoms with Gasteiger partial charge in [0, 0.05) is 50.6 Å². The van der Waals surface area contributed by atoms with Gasteiger partial charge < -0.3 is 9.32 Å². The maximum Gasteiger partial charge on any atom is 0.164 e. The van der Waals surface area contributed by atoms with Gasteiger partial charge in [-0.1, -0.05) is 146 Å². The van der Waals surface area contributed by atoms with Crippen LogP contribution < -0.4 is 4.90 Å². The number of hydrogen-bond donors (Lipinski definition) is 0. The summed E-state index contributed by atoms with van der Waals surface area (Å²) in [5.41, 5.74) is 9.86. The highest BCUT2D eigenvalue weighted by atomic mass is 16.3. The van der Waals surface area contributed by atoms with Crippen LogP contribution in [0, 0.1) is 0 Å². The maximum absolute atomic E-state index is 6.60. The molecule has 10 aromatic rings. The summed E-state index contributed by atoms with van der Waals surface area (Å²) in [6, 6.07) is 66.9. The van der Waals surface area contributed by atoms with E-state index in [1.165, 1.54) is 10.8 Å². The van der Waals surface area contributed by atoms with E-state index < -0.39 is 0 Å². The van der Waals surface area contributed by atoms with E-state index in [0.29, 0.717) is 17.5 Å². The lowest BCUT2D eigenvalue weighted by Gasteiger charge is -2.25. The van der Waals surface area contributed by atoms with Crippen molar-refractivity contribution in [2.75, 3.05) is 4.90 Å². The number of fused-ring (bicyclic) bond motifs is 4. The van der Waals surface area contributed by atoms with Crippen LogP contribution in [0.5, 0.6) is 0 Å². The zero-order valence-electron chi connectivity index (χ0n) is 29.2. The van der Waals surface area contributed by atoms with E-state index in [-0.39, 0.29) is 0 Å². The zero-order valence-corrected chi connectivity index (χ0v) is 29.2. The molecule has 0 atom stereocenters. The van der Waals surface area contributed by atoms with Crippen molar-refractivity contribution in [3.05, 3.63) is 194 Å². The minimum Gasteiger partial charge on any atom is -0.456 e. The Morgan fingerprint density at radius 2 is 0.889 bits per heavy atom. The molecule has 0 aliphatic rings. The third kappa shape index (κ3) is 5.74. The van der Waals surface area contributed by atoms with Gasteiger partial charge >= 0.3 is 0 Å². The molecule has 2 heterocycles. The Kier molecular flexibility index (Phi) is 7.73. The first-order valence-corrected chi connectivity index (χ1v) is 18.0. The first-order valence-electron chi connectivity index (χ1n) is 18.0. The first-order chi connectivity index (χ1) is 26.7. The molecule has 0 amide bonds. The summed E-state index contributed by atoms with van der Waals surface area (Å²) in [6.45, 7) is 0. The minimum atomic E-state index is 0.628. The summed E-state index contributed by atoms with van der Waals surface area (Å²) < 4.78 is 6.60. The molecule has 0 unspecified atom stereocenters. The van der Waals surface area contributed by atoms with Crippen LogP contribution in [0.3, 0.4) is 0 Å². The van der Waals surface area contributed by atoms with Crippen LogP contribution in [0.2, 0.25) is 0 Å². The summed E-state index contributed by atoms with van der Waals surface area (Å²) in [5.74, 6) is 1.91. The molecule has 8 aromatic carbocycles. The number of nitrogens with zero attached hydrogens (tertiary/aromatic N) is 4. The highest BCUT2D eigenvalue weighted by molar-refractivity contribution is 6.13. The molecule has 5 heteroatoms. The van der Waals surface area contributed by atoms with Gasteiger partial charge in [0.1, 0.15) is 11.2 Å². The quantitative estimate of drug-likeness (QED) is 0.166. The molecule has 0 bridgehead atoms. The van der Waals surface area contributed by atoms with Gasteiger partial charge in [0.25, 0.3) is 0 Å². The van der Waals surface area contributed by atoms with Gasteiger partial charge in [-0.25, -0.2) is 15.0 Å². The molecule has 0 fully saturated rings. The average Bonchev–Trinajstić information content (AvgIpc) is 3.63. The van der Waals surface area contributed by atoms with Crippen molar-refractivity contribution in [3.63, 3.8) is 0 Å². The number of benzene rings is 8. The molecule has 0 spiro atoms. The number of aromatic nitrogens is 3. The molecule has 10 rings (SSSR count). The Hall–Kier alpha value is -7.37. The molecule has 0 radical (unpaired) electrons. The van der Waals surface area contributed by atoms with Gasteiger partial charge in [0.15, 0.2) is 17.5 Å². The third-order valence-electron chi connectivity index (χ3n) is 9.90. The van der Waals surface area contributed by atoms with Crippen LogP contribution in [0.1, 0.15) is 0 Å².